The van der Waals surface area contributed by atoms with Gasteiger partial charge in [-0.15, -0.1) is 0 Å². The quantitative estimate of drug-likeness (QED) is 0.772. The van der Waals surface area contributed by atoms with Gasteiger partial charge in [0.1, 0.15) is 6.10 Å². The third kappa shape index (κ3) is 3.86. The minimum atomic E-state index is -0.683. The number of ether oxygens (including phenoxy) is 1. The lowest BCUT2D eigenvalue weighted by molar-refractivity contribution is 0.0443. The lowest BCUT2D eigenvalue weighted by Gasteiger charge is -2.24. The van der Waals surface area contributed by atoms with Crippen molar-refractivity contribution in [3.05, 3.63) is 35.9 Å². The number of rotatable bonds is 2. The Labute approximate surface area is 102 Å². The van der Waals surface area contributed by atoms with E-state index in [4.69, 9.17) is 4.74 Å². The highest BCUT2D eigenvalue weighted by atomic mass is 16.5. The summed E-state index contributed by atoms with van der Waals surface area (Å²) in [6.07, 6.45) is -0.683. The van der Waals surface area contributed by atoms with Crippen molar-refractivity contribution in [1.82, 2.24) is 4.90 Å². The molecule has 0 aliphatic carbocycles. The zero-order valence-corrected chi connectivity index (χ0v) is 9.80. The molecule has 1 N–H and O–H groups in total. The fourth-order valence-electron chi connectivity index (χ4n) is 1.73. The van der Waals surface area contributed by atoms with Crippen molar-refractivity contribution in [3.63, 3.8) is 0 Å². The van der Waals surface area contributed by atoms with Crippen molar-refractivity contribution >= 4 is 0 Å². The average Bonchev–Trinajstić information content (AvgIpc) is 2.41. The van der Waals surface area contributed by atoms with Gasteiger partial charge in [0, 0.05) is 13.1 Å². The van der Waals surface area contributed by atoms with Crippen LogP contribution in [-0.2, 0) is 4.74 Å². The molecule has 3 heteroatoms. The standard InChI is InChI=1S/C14H17NO2/c16-14(13-5-2-1-3-6-13)7-4-8-15-9-11-17-12-10-15/h1-3,5-6,14,16H,8-12H2/t14-/m1/s1. The van der Waals surface area contributed by atoms with E-state index in [9.17, 15) is 5.11 Å². The fraction of sp³-hybridized carbons (Fsp3) is 0.429. The van der Waals surface area contributed by atoms with Crippen molar-refractivity contribution in [2.75, 3.05) is 32.8 Å². The van der Waals surface area contributed by atoms with Crippen LogP contribution in [0.1, 0.15) is 11.7 Å². The van der Waals surface area contributed by atoms with Gasteiger partial charge in [0.05, 0.1) is 19.8 Å². The number of morpholine rings is 1. The van der Waals surface area contributed by atoms with Crippen LogP contribution in [0, 0.1) is 11.8 Å². The van der Waals surface area contributed by atoms with Crippen LogP contribution >= 0.6 is 0 Å². The van der Waals surface area contributed by atoms with E-state index in [1.165, 1.54) is 0 Å². The smallest absolute Gasteiger partial charge is 0.140 e. The van der Waals surface area contributed by atoms with Gasteiger partial charge in [0.15, 0.2) is 0 Å². The summed E-state index contributed by atoms with van der Waals surface area (Å²) in [4.78, 5) is 2.23. The van der Waals surface area contributed by atoms with Crippen LogP contribution < -0.4 is 0 Å². The van der Waals surface area contributed by atoms with Gasteiger partial charge >= 0.3 is 0 Å². The van der Waals surface area contributed by atoms with Crippen molar-refractivity contribution in [2.45, 2.75) is 6.10 Å². The molecule has 0 saturated carbocycles. The van der Waals surface area contributed by atoms with Gasteiger partial charge < -0.3 is 9.84 Å². The predicted molar refractivity (Wildman–Crippen MR) is 66.4 cm³/mol. The van der Waals surface area contributed by atoms with Crippen LogP contribution in [0.15, 0.2) is 30.3 Å². The van der Waals surface area contributed by atoms with Crippen LogP contribution in [0.3, 0.4) is 0 Å². The molecule has 0 aromatic heterocycles. The number of aliphatic hydroxyl groups is 1. The summed E-state index contributed by atoms with van der Waals surface area (Å²) in [6.45, 7) is 4.12. The second-order valence-electron chi connectivity index (χ2n) is 4.02. The molecule has 1 aliphatic rings. The fourth-order valence-corrected chi connectivity index (χ4v) is 1.73. The Morgan fingerprint density at radius 1 is 1.24 bits per heavy atom. The predicted octanol–water partition coefficient (Wildman–Crippen LogP) is 1.06. The maximum Gasteiger partial charge on any atom is 0.140 e. The Morgan fingerprint density at radius 2 is 1.94 bits per heavy atom. The Bertz CT molecular complexity index is 388. The van der Waals surface area contributed by atoms with Crippen molar-refractivity contribution in [1.29, 1.82) is 0 Å². The van der Waals surface area contributed by atoms with E-state index in [2.05, 4.69) is 16.7 Å². The molecule has 90 valence electrons. The molecular formula is C14H17NO2. The van der Waals surface area contributed by atoms with Gasteiger partial charge in [-0.3, -0.25) is 4.90 Å². The topological polar surface area (TPSA) is 32.7 Å². The van der Waals surface area contributed by atoms with Gasteiger partial charge in [-0.1, -0.05) is 42.2 Å². The van der Waals surface area contributed by atoms with Gasteiger partial charge in [0.2, 0.25) is 0 Å². The molecule has 0 amide bonds. The number of hydrogen-bond acceptors (Lipinski definition) is 3. The summed E-state index contributed by atoms with van der Waals surface area (Å²) >= 11 is 0. The van der Waals surface area contributed by atoms with Crippen molar-refractivity contribution in [3.8, 4) is 11.8 Å². The average molecular weight is 231 g/mol. The minimum absolute atomic E-state index is 0.683. The Morgan fingerprint density at radius 3 is 2.65 bits per heavy atom. The van der Waals surface area contributed by atoms with E-state index < -0.39 is 6.10 Å². The first-order chi connectivity index (χ1) is 8.36. The lowest BCUT2D eigenvalue weighted by atomic mass is 10.1. The molecule has 0 unspecified atom stereocenters. The summed E-state index contributed by atoms with van der Waals surface area (Å²) in [5, 5.41) is 9.83. The maximum absolute atomic E-state index is 9.83. The van der Waals surface area contributed by atoms with Crippen LogP contribution in [0.4, 0.5) is 0 Å². The van der Waals surface area contributed by atoms with E-state index in [1.54, 1.807) is 0 Å². The maximum atomic E-state index is 9.83. The van der Waals surface area contributed by atoms with E-state index in [0.29, 0.717) is 6.54 Å². The van der Waals surface area contributed by atoms with Crippen LogP contribution in [0.5, 0.6) is 0 Å². The largest absolute Gasteiger partial charge is 0.379 e. The first kappa shape index (κ1) is 12.1. The number of nitrogens with zero attached hydrogens (tertiary/aromatic N) is 1. The molecular weight excluding hydrogens is 214 g/mol. The normalized spacial score (nSPS) is 18.2. The zero-order valence-electron chi connectivity index (χ0n) is 9.80. The Kier molecular flexibility index (Phi) is 4.57. The highest BCUT2D eigenvalue weighted by molar-refractivity contribution is 5.24. The van der Waals surface area contributed by atoms with E-state index >= 15 is 0 Å². The van der Waals surface area contributed by atoms with E-state index in [0.717, 1.165) is 31.9 Å². The molecule has 1 aromatic rings. The molecule has 1 atom stereocenters. The van der Waals surface area contributed by atoms with Gasteiger partial charge in [-0.05, 0) is 5.56 Å². The second kappa shape index (κ2) is 6.41. The first-order valence-corrected chi connectivity index (χ1v) is 5.88. The summed E-state index contributed by atoms with van der Waals surface area (Å²) in [6, 6.07) is 9.50. The van der Waals surface area contributed by atoms with Gasteiger partial charge in [-0.2, -0.15) is 0 Å². The number of aliphatic hydroxyl groups excluding tert-OH is 1. The summed E-state index contributed by atoms with van der Waals surface area (Å²) in [5.41, 5.74) is 0.849. The third-order valence-corrected chi connectivity index (χ3v) is 2.76. The zero-order chi connectivity index (χ0) is 11.9. The summed E-state index contributed by atoms with van der Waals surface area (Å²) < 4.78 is 5.26. The minimum Gasteiger partial charge on any atom is -0.379 e. The molecule has 0 radical (unpaired) electrons. The highest BCUT2D eigenvalue weighted by Crippen LogP contribution is 2.10. The second-order valence-corrected chi connectivity index (χ2v) is 4.02. The van der Waals surface area contributed by atoms with Crippen LogP contribution in [-0.4, -0.2) is 42.9 Å². The molecule has 17 heavy (non-hydrogen) atoms. The molecule has 3 nitrogen and oxygen atoms in total. The van der Waals surface area contributed by atoms with Gasteiger partial charge in [-0.25, -0.2) is 0 Å². The molecule has 1 fully saturated rings. The monoisotopic (exact) mass is 231 g/mol. The Hall–Kier alpha value is -1.34. The van der Waals surface area contributed by atoms with Crippen molar-refractivity contribution in [2.24, 2.45) is 0 Å². The molecule has 1 aromatic carbocycles. The van der Waals surface area contributed by atoms with Gasteiger partial charge in [0.25, 0.3) is 0 Å². The molecule has 2 rings (SSSR count). The van der Waals surface area contributed by atoms with E-state index in [-0.39, 0.29) is 0 Å². The van der Waals surface area contributed by atoms with E-state index in [1.807, 2.05) is 30.3 Å². The molecule has 0 bridgehead atoms. The third-order valence-electron chi connectivity index (χ3n) is 2.76. The molecule has 1 aliphatic heterocycles. The molecule has 0 spiro atoms. The lowest BCUT2D eigenvalue weighted by Crippen LogP contribution is -2.36. The highest BCUT2D eigenvalue weighted by Gasteiger charge is 2.08. The Balaban J connectivity index is 1.84. The first-order valence-electron chi connectivity index (χ1n) is 5.88. The SMILES string of the molecule is O[C@H](C#CCN1CCOCC1)c1ccccc1. The van der Waals surface area contributed by atoms with Crippen LogP contribution in [0.2, 0.25) is 0 Å². The molecule has 1 heterocycles. The van der Waals surface area contributed by atoms with Crippen molar-refractivity contribution < 1.29 is 9.84 Å². The summed E-state index contributed by atoms with van der Waals surface area (Å²) in [7, 11) is 0. The van der Waals surface area contributed by atoms with Crippen LogP contribution in [0.25, 0.3) is 0 Å². The number of benzene rings is 1. The molecule has 1 saturated heterocycles. The number of hydrogen-bond donors (Lipinski definition) is 1. The summed E-state index contributed by atoms with van der Waals surface area (Å²) in [5.74, 6) is 5.89.